The quantitative estimate of drug-likeness (QED) is 0.410. The van der Waals surface area contributed by atoms with Crippen molar-refractivity contribution in [2.75, 3.05) is 26.1 Å². The molecule has 1 aliphatic heterocycles. The number of fused-ring (bicyclic) bond motifs is 1. The fraction of sp³-hybridized carbons (Fsp3) is 0.414. The van der Waals surface area contributed by atoms with Crippen molar-refractivity contribution in [3.63, 3.8) is 0 Å². The van der Waals surface area contributed by atoms with Crippen LogP contribution in [0.5, 0.6) is 11.5 Å². The van der Waals surface area contributed by atoms with E-state index < -0.39 is 17.7 Å². The van der Waals surface area contributed by atoms with Crippen LogP contribution in [0.25, 0.3) is 0 Å². The largest absolute Gasteiger partial charge is 0.493 e. The lowest BCUT2D eigenvalue weighted by Gasteiger charge is -2.45. The lowest BCUT2D eigenvalue weighted by Crippen LogP contribution is -2.52. The highest BCUT2D eigenvalue weighted by Gasteiger charge is 2.52. The molecule has 9 heteroatoms. The molecule has 0 radical (unpaired) electrons. The second-order valence-electron chi connectivity index (χ2n) is 10.2. The molecule has 0 bridgehead atoms. The van der Waals surface area contributed by atoms with Gasteiger partial charge in [-0.3, -0.25) is 4.90 Å². The summed E-state index contributed by atoms with van der Waals surface area (Å²) in [6.07, 6.45) is 3.36. The predicted molar refractivity (Wildman–Crippen MR) is 140 cm³/mol. The lowest BCUT2D eigenvalue weighted by atomic mass is 9.65. The van der Waals surface area contributed by atoms with Crippen molar-refractivity contribution in [3.8, 4) is 11.5 Å². The van der Waals surface area contributed by atoms with Gasteiger partial charge in [0.05, 0.1) is 20.8 Å². The minimum atomic E-state index is -1.00. The number of urea groups is 1. The van der Waals surface area contributed by atoms with E-state index in [2.05, 4.69) is 27.7 Å². The average Bonchev–Trinajstić information content (AvgIpc) is 3.49. The monoisotopic (exact) mass is 525 g/mol. The molecular formula is C29H33F2N3O4. The number of methoxy groups -OCH3 is 2. The Morgan fingerprint density at radius 3 is 2.58 bits per heavy atom. The summed E-state index contributed by atoms with van der Waals surface area (Å²) in [6.45, 7) is 3.52. The molecule has 3 atom stereocenters. The molecule has 38 heavy (non-hydrogen) atoms. The maximum absolute atomic E-state index is 13.6. The van der Waals surface area contributed by atoms with Crippen LogP contribution in [0.15, 0.2) is 52.9 Å². The number of aryl methyl sites for hydroxylation is 1. The maximum atomic E-state index is 13.6. The lowest BCUT2D eigenvalue weighted by molar-refractivity contribution is 0.124. The molecule has 2 N–H and O–H groups in total. The molecule has 1 aromatic heterocycles. The molecule has 2 aliphatic rings. The molecule has 2 fully saturated rings. The van der Waals surface area contributed by atoms with Crippen molar-refractivity contribution in [2.45, 2.75) is 56.7 Å². The van der Waals surface area contributed by atoms with Gasteiger partial charge in [-0.05, 0) is 81.1 Å². The third-order valence-electron chi connectivity index (χ3n) is 8.00. The molecule has 5 rings (SSSR count). The molecule has 1 saturated heterocycles. The second kappa shape index (κ2) is 10.6. The van der Waals surface area contributed by atoms with Gasteiger partial charge in [-0.25, -0.2) is 13.6 Å². The van der Waals surface area contributed by atoms with Gasteiger partial charge in [0.25, 0.3) is 0 Å². The average molecular weight is 526 g/mol. The van der Waals surface area contributed by atoms with Gasteiger partial charge in [-0.2, -0.15) is 0 Å². The summed E-state index contributed by atoms with van der Waals surface area (Å²) in [6, 6.07) is 13.1. The normalized spacial score (nSPS) is 23.1. The topological polar surface area (TPSA) is 76.0 Å². The third kappa shape index (κ3) is 5.07. The Kier molecular flexibility index (Phi) is 7.29. The maximum Gasteiger partial charge on any atom is 0.319 e. The zero-order valence-corrected chi connectivity index (χ0v) is 21.9. The summed E-state index contributed by atoms with van der Waals surface area (Å²) in [5, 5.41) is 5.67. The molecule has 2 aromatic carbocycles. The number of ether oxygens (including phenoxy) is 2. The molecule has 202 valence electrons. The number of hydrogen-bond donors (Lipinski definition) is 2. The van der Waals surface area contributed by atoms with Gasteiger partial charge in [0.15, 0.2) is 23.1 Å². The first-order valence-corrected chi connectivity index (χ1v) is 12.9. The summed E-state index contributed by atoms with van der Waals surface area (Å²) in [5.74, 6) is 1.22. The number of carbonyl (C=O) groups excluding carboxylic acids is 1. The standard InChI is InChI=1S/C29H33F2N3O4/c1-18-4-7-22(38-18)17-34-13-12-29(19-5-9-25(36-2)26(14-19)37-3)11-10-21(16-27(29)34)33-28(35)32-20-6-8-23(30)24(31)15-20/h4-9,14-15,21,27H,10-13,16-17H2,1-3H3,(H2,32,33,35). The summed E-state index contributed by atoms with van der Waals surface area (Å²) in [4.78, 5) is 15.2. The number of halogens is 2. The zero-order valence-electron chi connectivity index (χ0n) is 21.9. The fourth-order valence-corrected chi connectivity index (χ4v) is 6.14. The van der Waals surface area contributed by atoms with Crippen LogP contribution in [-0.2, 0) is 12.0 Å². The van der Waals surface area contributed by atoms with Crippen LogP contribution < -0.4 is 20.1 Å². The Balaban J connectivity index is 1.37. The fourth-order valence-electron chi connectivity index (χ4n) is 6.14. The molecule has 0 spiro atoms. The zero-order chi connectivity index (χ0) is 26.9. The second-order valence-corrected chi connectivity index (χ2v) is 10.2. The van der Waals surface area contributed by atoms with Crippen LogP contribution in [0, 0.1) is 18.6 Å². The van der Waals surface area contributed by atoms with Crippen molar-refractivity contribution in [2.24, 2.45) is 0 Å². The first-order chi connectivity index (χ1) is 18.3. The third-order valence-corrected chi connectivity index (χ3v) is 8.00. The number of furan rings is 1. The van der Waals surface area contributed by atoms with Gasteiger partial charge in [0.1, 0.15) is 11.5 Å². The van der Waals surface area contributed by atoms with Crippen LogP contribution in [0.3, 0.4) is 0 Å². The molecule has 7 nitrogen and oxygen atoms in total. The van der Waals surface area contributed by atoms with Gasteiger partial charge in [-0.15, -0.1) is 0 Å². The number of carbonyl (C=O) groups is 1. The number of anilines is 1. The Labute approximate surface area is 221 Å². The Morgan fingerprint density at radius 1 is 1.05 bits per heavy atom. The van der Waals surface area contributed by atoms with E-state index >= 15 is 0 Å². The summed E-state index contributed by atoms with van der Waals surface area (Å²) < 4.78 is 43.8. The van der Waals surface area contributed by atoms with Crippen LogP contribution in [-0.4, -0.2) is 43.8 Å². The number of hydrogen-bond acceptors (Lipinski definition) is 5. The minimum absolute atomic E-state index is 0.0856. The van der Waals surface area contributed by atoms with Crippen molar-refractivity contribution in [1.29, 1.82) is 0 Å². The van der Waals surface area contributed by atoms with E-state index in [-0.39, 0.29) is 23.2 Å². The summed E-state index contributed by atoms with van der Waals surface area (Å²) >= 11 is 0. The first-order valence-electron chi connectivity index (χ1n) is 12.9. The van der Waals surface area contributed by atoms with Crippen LogP contribution in [0.1, 0.15) is 42.8 Å². The van der Waals surface area contributed by atoms with Crippen molar-refractivity contribution in [3.05, 3.63) is 77.2 Å². The van der Waals surface area contributed by atoms with Gasteiger partial charge < -0.3 is 24.5 Å². The number of nitrogens with one attached hydrogen (secondary N) is 2. The number of rotatable bonds is 7. The van der Waals surface area contributed by atoms with Crippen LogP contribution in [0.2, 0.25) is 0 Å². The Morgan fingerprint density at radius 2 is 1.87 bits per heavy atom. The highest BCUT2D eigenvalue weighted by atomic mass is 19.2. The molecule has 2 heterocycles. The molecular weight excluding hydrogens is 492 g/mol. The molecule has 2 amide bonds. The van der Waals surface area contributed by atoms with Crippen molar-refractivity contribution < 1.29 is 27.5 Å². The van der Waals surface area contributed by atoms with Crippen molar-refractivity contribution in [1.82, 2.24) is 10.2 Å². The smallest absolute Gasteiger partial charge is 0.319 e. The van der Waals surface area contributed by atoms with E-state index in [0.717, 1.165) is 55.9 Å². The molecule has 1 saturated carbocycles. The van der Waals surface area contributed by atoms with Gasteiger partial charge in [-0.1, -0.05) is 6.07 Å². The molecule has 3 unspecified atom stereocenters. The van der Waals surface area contributed by atoms with E-state index in [1.807, 2.05) is 25.1 Å². The Bertz CT molecular complexity index is 1310. The number of benzene rings is 2. The van der Waals surface area contributed by atoms with E-state index in [1.165, 1.54) is 11.6 Å². The van der Waals surface area contributed by atoms with Gasteiger partial charge in [0, 0.05) is 29.3 Å². The van der Waals surface area contributed by atoms with E-state index in [1.54, 1.807) is 14.2 Å². The Hall–Kier alpha value is -3.59. The predicted octanol–water partition coefficient (Wildman–Crippen LogP) is 5.77. The minimum Gasteiger partial charge on any atom is -0.493 e. The number of amides is 2. The molecule has 1 aliphatic carbocycles. The van der Waals surface area contributed by atoms with Gasteiger partial charge in [0.2, 0.25) is 0 Å². The first kappa shape index (κ1) is 26.0. The highest BCUT2D eigenvalue weighted by molar-refractivity contribution is 5.89. The molecule has 3 aromatic rings. The van der Waals surface area contributed by atoms with Crippen LogP contribution >= 0.6 is 0 Å². The summed E-state index contributed by atoms with van der Waals surface area (Å²) in [7, 11) is 3.27. The van der Waals surface area contributed by atoms with Gasteiger partial charge >= 0.3 is 6.03 Å². The van der Waals surface area contributed by atoms with E-state index in [4.69, 9.17) is 13.9 Å². The van der Waals surface area contributed by atoms with E-state index in [9.17, 15) is 13.6 Å². The summed E-state index contributed by atoms with van der Waals surface area (Å²) in [5.41, 5.74) is 1.28. The van der Waals surface area contributed by atoms with Crippen LogP contribution in [0.4, 0.5) is 19.3 Å². The number of likely N-dealkylation sites (tertiary alicyclic amines) is 1. The van der Waals surface area contributed by atoms with E-state index in [0.29, 0.717) is 18.0 Å². The SMILES string of the molecule is COc1ccc(C23CCC(NC(=O)Nc4ccc(F)c(F)c4)CC2N(Cc2ccc(C)o2)CC3)cc1OC. The number of nitrogens with zero attached hydrogens (tertiary/aromatic N) is 1. The van der Waals surface area contributed by atoms with Crippen molar-refractivity contribution >= 4 is 11.7 Å². The highest BCUT2D eigenvalue weighted by Crippen LogP contribution is 2.50.